The highest BCUT2D eigenvalue weighted by Crippen LogP contribution is 2.21. The average Bonchev–Trinajstić information content (AvgIpc) is 3.22. The largest absolute Gasteiger partial charge is 0.355 e. The van der Waals surface area contributed by atoms with Gasteiger partial charge >= 0.3 is 0 Å². The van der Waals surface area contributed by atoms with E-state index in [1.165, 1.54) is 28.5 Å². The molecule has 0 fully saturated rings. The lowest BCUT2D eigenvalue weighted by atomic mass is 10.0. The summed E-state index contributed by atoms with van der Waals surface area (Å²) in [7, 11) is 0. The summed E-state index contributed by atoms with van der Waals surface area (Å²) in [6.45, 7) is 7.11. The number of nitrogens with zero attached hydrogens (tertiary/aromatic N) is 3. The fourth-order valence-electron chi connectivity index (χ4n) is 2.84. The maximum atomic E-state index is 12.2. The summed E-state index contributed by atoms with van der Waals surface area (Å²) in [4.78, 5) is 12.2. The third kappa shape index (κ3) is 6.64. The number of nitrogens with one attached hydrogen (secondary N) is 1. The molecule has 3 aromatic rings. The average molecular weight is 441 g/mol. The summed E-state index contributed by atoms with van der Waals surface area (Å²) in [6, 6.07) is 16.9. The molecule has 0 radical (unpaired) electrons. The van der Waals surface area contributed by atoms with Crippen LogP contribution in [-0.2, 0) is 10.5 Å². The van der Waals surface area contributed by atoms with Crippen molar-refractivity contribution < 1.29 is 4.79 Å². The molecule has 30 heavy (non-hydrogen) atoms. The van der Waals surface area contributed by atoms with Crippen molar-refractivity contribution in [3.63, 3.8) is 0 Å². The highest BCUT2D eigenvalue weighted by atomic mass is 32.2. The standard InChI is InChI=1S/C23H28N4OS2/c1-17(2)20-8-10-21(11-9-20)27-16-25-26-23(27)30-15-22(28)24-12-13-29-14-19-6-4-18(3)5-7-19/h4-11,16-17H,12-15H2,1-3H3,(H,24,28). The van der Waals surface area contributed by atoms with Crippen molar-refractivity contribution in [2.45, 2.75) is 37.6 Å². The van der Waals surface area contributed by atoms with Crippen LogP contribution in [0.5, 0.6) is 0 Å². The second-order valence-corrected chi connectivity index (χ2v) is 9.45. The summed E-state index contributed by atoms with van der Waals surface area (Å²) in [6.07, 6.45) is 1.69. The van der Waals surface area contributed by atoms with E-state index in [0.29, 0.717) is 18.2 Å². The minimum absolute atomic E-state index is 0.0145. The maximum Gasteiger partial charge on any atom is 0.230 e. The van der Waals surface area contributed by atoms with Crippen molar-refractivity contribution in [1.82, 2.24) is 20.1 Å². The van der Waals surface area contributed by atoms with Crippen LogP contribution in [0.25, 0.3) is 5.69 Å². The zero-order chi connectivity index (χ0) is 21.3. The van der Waals surface area contributed by atoms with Gasteiger partial charge in [-0.25, -0.2) is 0 Å². The molecule has 0 atom stereocenters. The number of amides is 1. The Bertz CT molecular complexity index is 937. The minimum atomic E-state index is 0.0145. The summed E-state index contributed by atoms with van der Waals surface area (Å²) in [5.41, 5.74) is 4.88. The van der Waals surface area contributed by atoms with Gasteiger partial charge in [0.1, 0.15) is 6.33 Å². The molecule has 0 aliphatic rings. The first kappa shape index (κ1) is 22.4. The Labute approximate surface area is 187 Å². The Kier molecular flexibility index (Phi) is 8.39. The second-order valence-electron chi connectivity index (χ2n) is 7.41. The van der Waals surface area contributed by atoms with Gasteiger partial charge in [-0.3, -0.25) is 9.36 Å². The summed E-state index contributed by atoms with van der Waals surface area (Å²) < 4.78 is 1.92. The first-order valence-corrected chi connectivity index (χ1v) is 12.2. The Morgan fingerprint density at radius 2 is 1.83 bits per heavy atom. The molecule has 5 nitrogen and oxygen atoms in total. The fourth-order valence-corrected chi connectivity index (χ4v) is 4.42. The number of aromatic nitrogens is 3. The number of hydrogen-bond donors (Lipinski definition) is 1. The maximum absolute atomic E-state index is 12.2. The Balaban J connectivity index is 1.40. The molecule has 0 saturated heterocycles. The number of carbonyl (C=O) groups excluding carboxylic acids is 1. The molecule has 0 saturated carbocycles. The van der Waals surface area contributed by atoms with Gasteiger partial charge in [0.25, 0.3) is 0 Å². The van der Waals surface area contributed by atoms with E-state index in [0.717, 1.165) is 22.3 Å². The van der Waals surface area contributed by atoms with E-state index in [4.69, 9.17) is 0 Å². The lowest BCUT2D eigenvalue weighted by molar-refractivity contribution is -0.118. The molecule has 1 amide bonds. The van der Waals surface area contributed by atoms with Gasteiger partial charge in [-0.15, -0.1) is 10.2 Å². The second kappa shape index (κ2) is 11.2. The normalized spacial score (nSPS) is 11.1. The predicted molar refractivity (Wildman–Crippen MR) is 127 cm³/mol. The zero-order valence-electron chi connectivity index (χ0n) is 17.7. The molecule has 2 aromatic carbocycles. The molecule has 0 unspecified atom stereocenters. The van der Waals surface area contributed by atoms with E-state index in [2.05, 4.69) is 84.8 Å². The van der Waals surface area contributed by atoms with Crippen molar-refractivity contribution in [1.29, 1.82) is 0 Å². The van der Waals surface area contributed by atoms with E-state index in [1.54, 1.807) is 6.33 Å². The number of hydrogen-bond acceptors (Lipinski definition) is 5. The monoisotopic (exact) mass is 440 g/mol. The highest BCUT2D eigenvalue weighted by molar-refractivity contribution is 7.99. The van der Waals surface area contributed by atoms with E-state index in [-0.39, 0.29) is 5.91 Å². The third-order valence-electron chi connectivity index (χ3n) is 4.64. The molecule has 0 aliphatic heterocycles. The van der Waals surface area contributed by atoms with Gasteiger partial charge in [-0.05, 0) is 36.1 Å². The molecule has 1 N–H and O–H groups in total. The van der Waals surface area contributed by atoms with E-state index in [9.17, 15) is 4.79 Å². The minimum Gasteiger partial charge on any atom is -0.355 e. The quantitative estimate of drug-likeness (QED) is 0.361. The number of rotatable bonds is 10. The first-order valence-electron chi connectivity index (χ1n) is 10.1. The van der Waals surface area contributed by atoms with Crippen molar-refractivity contribution in [3.05, 3.63) is 71.5 Å². The van der Waals surface area contributed by atoms with Crippen LogP contribution in [0, 0.1) is 6.92 Å². The van der Waals surface area contributed by atoms with Gasteiger partial charge in [0.2, 0.25) is 5.91 Å². The van der Waals surface area contributed by atoms with Crippen LogP contribution in [0.1, 0.15) is 36.5 Å². The molecule has 0 aliphatic carbocycles. The van der Waals surface area contributed by atoms with Gasteiger partial charge < -0.3 is 5.32 Å². The number of aryl methyl sites for hydroxylation is 1. The van der Waals surface area contributed by atoms with Gasteiger partial charge in [-0.2, -0.15) is 11.8 Å². The first-order chi connectivity index (χ1) is 14.5. The molecule has 3 rings (SSSR count). The summed E-state index contributed by atoms with van der Waals surface area (Å²) >= 11 is 3.22. The van der Waals surface area contributed by atoms with Crippen LogP contribution >= 0.6 is 23.5 Å². The van der Waals surface area contributed by atoms with Crippen molar-refractivity contribution >= 4 is 29.4 Å². The SMILES string of the molecule is Cc1ccc(CSCCNC(=O)CSc2nncn2-c2ccc(C(C)C)cc2)cc1. The molecule has 158 valence electrons. The zero-order valence-corrected chi connectivity index (χ0v) is 19.3. The van der Waals surface area contributed by atoms with Crippen LogP contribution < -0.4 is 5.32 Å². The topological polar surface area (TPSA) is 59.8 Å². The smallest absolute Gasteiger partial charge is 0.230 e. The van der Waals surface area contributed by atoms with Crippen LogP contribution in [-0.4, -0.2) is 38.7 Å². The Morgan fingerprint density at radius 1 is 1.10 bits per heavy atom. The summed E-state index contributed by atoms with van der Waals surface area (Å²) in [5.74, 6) is 2.69. The number of carbonyl (C=O) groups is 1. The van der Waals surface area contributed by atoms with Crippen molar-refractivity contribution in [3.8, 4) is 5.69 Å². The van der Waals surface area contributed by atoms with E-state index in [1.807, 2.05) is 16.3 Å². The van der Waals surface area contributed by atoms with Crippen molar-refractivity contribution in [2.24, 2.45) is 0 Å². The Hall–Kier alpha value is -2.25. The van der Waals surface area contributed by atoms with E-state index < -0.39 is 0 Å². The van der Waals surface area contributed by atoms with Crippen LogP contribution in [0.4, 0.5) is 0 Å². The van der Waals surface area contributed by atoms with Gasteiger partial charge in [0.15, 0.2) is 5.16 Å². The Morgan fingerprint density at radius 3 is 2.53 bits per heavy atom. The molecule has 0 spiro atoms. The van der Waals surface area contributed by atoms with Crippen LogP contribution in [0.15, 0.2) is 60.0 Å². The van der Waals surface area contributed by atoms with E-state index >= 15 is 0 Å². The lowest BCUT2D eigenvalue weighted by Gasteiger charge is -2.09. The molecule has 1 heterocycles. The van der Waals surface area contributed by atoms with Crippen LogP contribution in [0.2, 0.25) is 0 Å². The van der Waals surface area contributed by atoms with Crippen LogP contribution in [0.3, 0.4) is 0 Å². The van der Waals surface area contributed by atoms with Crippen molar-refractivity contribution in [2.75, 3.05) is 18.1 Å². The molecular weight excluding hydrogens is 412 g/mol. The fraction of sp³-hybridized carbons (Fsp3) is 0.348. The highest BCUT2D eigenvalue weighted by Gasteiger charge is 2.10. The predicted octanol–water partition coefficient (Wildman–Crippen LogP) is 4.84. The number of thioether (sulfide) groups is 2. The number of benzene rings is 2. The lowest BCUT2D eigenvalue weighted by Crippen LogP contribution is -2.27. The third-order valence-corrected chi connectivity index (χ3v) is 6.62. The molecule has 7 heteroatoms. The molecular formula is C23H28N4OS2. The van der Waals surface area contributed by atoms with Gasteiger partial charge in [-0.1, -0.05) is 67.6 Å². The van der Waals surface area contributed by atoms with Gasteiger partial charge in [0.05, 0.1) is 5.75 Å². The summed E-state index contributed by atoms with van der Waals surface area (Å²) in [5, 5.41) is 11.9. The molecule has 0 bridgehead atoms. The molecule has 1 aromatic heterocycles. The van der Waals surface area contributed by atoms with Gasteiger partial charge in [0, 0.05) is 23.7 Å².